The van der Waals surface area contributed by atoms with E-state index in [2.05, 4.69) is 15.3 Å². The van der Waals surface area contributed by atoms with E-state index in [1.807, 2.05) is 36.4 Å². The van der Waals surface area contributed by atoms with Gasteiger partial charge in [0.1, 0.15) is 11.4 Å². The Morgan fingerprint density at radius 3 is 2.84 bits per heavy atom. The molecule has 2 aromatic carbocycles. The molecule has 6 heteroatoms. The second-order valence-electron chi connectivity index (χ2n) is 6.61. The number of rotatable bonds is 1. The van der Waals surface area contributed by atoms with Crippen molar-refractivity contribution in [3.05, 3.63) is 52.5 Å². The fourth-order valence-corrected chi connectivity index (χ4v) is 4.12. The Hall–Kier alpha value is -2.37. The lowest BCUT2D eigenvalue weighted by molar-refractivity contribution is -0.0241. The van der Waals surface area contributed by atoms with E-state index in [0.717, 1.165) is 48.1 Å². The summed E-state index contributed by atoms with van der Waals surface area (Å²) in [6, 6.07) is 11.4. The van der Waals surface area contributed by atoms with Crippen molar-refractivity contribution in [2.24, 2.45) is 0 Å². The van der Waals surface area contributed by atoms with Crippen molar-refractivity contribution >= 4 is 28.6 Å². The van der Waals surface area contributed by atoms with E-state index in [1.165, 1.54) is 0 Å². The summed E-state index contributed by atoms with van der Waals surface area (Å²) in [6.07, 6.45) is 1.59. The molecule has 3 heterocycles. The van der Waals surface area contributed by atoms with Gasteiger partial charge in [-0.2, -0.15) is 0 Å². The Bertz CT molecular complexity index is 1010. The number of H-pyrrole nitrogens is 1. The lowest BCUT2D eigenvalue weighted by Gasteiger charge is -2.33. The highest BCUT2D eigenvalue weighted by atomic mass is 35.5. The number of aromatic amines is 1. The monoisotopic (exact) mass is 353 g/mol. The number of aromatic nitrogens is 2. The van der Waals surface area contributed by atoms with Crippen LogP contribution in [0, 0.1) is 0 Å². The normalized spacial score (nSPS) is 18.5. The summed E-state index contributed by atoms with van der Waals surface area (Å²) in [5.74, 6) is 0.406. The number of carbonyl (C=O) groups is 1. The van der Waals surface area contributed by atoms with Crippen LogP contribution in [-0.2, 0) is 10.3 Å². The van der Waals surface area contributed by atoms with Gasteiger partial charge >= 0.3 is 5.97 Å². The van der Waals surface area contributed by atoms with Crippen LogP contribution in [0.3, 0.4) is 0 Å². The third-order valence-corrected chi connectivity index (χ3v) is 5.39. The second-order valence-corrected chi connectivity index (χ2v) is 7.05. The standard InChI is InChI=1S/C19H16ClN3O2/c20-11-4-5-14-15(10-11)23-17(22-14)12-2-1-3-13-16(12)18(24)25-19(13)6-8-21-9-7-19/h1-5,10,21H,6-9H2,(H,22,23). The molecule has 2 N–H and O–H groups in total. The summed E-state index contributed by atoms with van der Waals surface area (Å²) >= 11 is 6.06. The van der Waals surface area contributed by atoms with Crippen LogP contribution in [0.15, 0.2) is 36.4 Å². The first-order chi connectivity index (χ1) is 12.2. The molecule has 0 atom stereocenters. The minimum atomic E-state index is -0.497. The lowest BCUT2D eigenvalue weighted by atomic mass is 9.83. The second kappa shape index (κ2) is 5.31. The zero-order valence-electron chi connectivity index (χ0n) is 13.4. The molecule has 1 spiro atoms. The van der Waals surface area contributed by atoms with Gasteiger partial charge in [0, 0.05) is 29.0 Å². The predicted octanol–water partition coefficient (Wildman–Crippen LogP) is 3.63. The summed E-state index contributed by atoms with van der Waals surface area (Å²) in [5, 5.41) is 3.98. The molecule has 3 aromatic rings. The molecule has 0 radical (unpaired) electrons. The first kappa shape index (κ1) is 14.9. The number of imidazole rings is 1. The minimum Gasteiger partial charge on any atom is -0.450 e. The number of carbonyl (C=O) groups excluding carboxylic acids is 1. The van der Waals surface area contributed by atoms with E-state index < -0.39 is 5.60 Å². The Morgan fingerprint density at radius 1 is 1.16 bits per heavy atom. The zero-order valence-corrected chi connectivity index (χ0v) is 14.2. The van der Waals surface area contributed by atoms with Gasteiger partial charge in [-0.1, -0.05) is 29.8 Å². The molecule has 0 unspecified atom stereocenters. The van der Waals surface area contributed by atoms with Crippen LogP contribution >= 0.6 is 11.6 Å². The minimum absolute atomic E-state index is 0.258. The van der Waals surface area contributed by atoms with Crippen molar-refractivity contribution < 1.29 is 9.53 Å². The van der Waals surface area contributed by atoms with Crippen LogP contribution in [0.25, 0.3) is 22.4 Å². The van der Waals surface area contributed by atoms with Crippen LogP contribution in [0.5, 0.6) is 0 Å². The number of fused-ring (bicyclic) bond motifs is 3. The molecule has 126 valence electrons. The van der Waals surface area contributed by atoms with Gasteiger partial charge in [-0.15, -0.1) is 0 Å². The third-order valence-electron chi connectivity index (χ3n) is 5.16. The summed E-state index contributed by atoms with van der Waals surface area (Å²) in [7, 11) is 0. The van der Waals surface area contributed by atoms with Crippen LogP contribution in [0.1, 0.15) is 28.8 Å². The summed E-state index contributed by atoms with van der Waals surface area (Å²) < 4.78 is 5.87. The van der Waals surface area contributed by atoms with E-state index in [4.69, 9.17) is 16.3 Å². The summed E-state index contributed by atoms with van der Waals surface area (Å²) in [5.41, 5.74) is 3.57. The number of hydrogen-bond acceptors (Lipinski definition) is 4. The van der Waals surface area contributed by atoms with Crippen LogP contribution in [-0.4, -0.2) is 29.0 Å². The topological polar surface area (TPSA) is 67.0 Å². The van der Waals surface area contributed by atoms with Gasteiger partial charge in [0.15, 0.2) is 0 Å². The van der Waals surface area contributed by atoms with Crippen molar-refractivity contribution in [1.29, 1.82) is 0 Å². The highest BCUT2D eigenvalue weighted by Crippen LogP contribution is 2.45. The highest BCUT2D eigenvalue weighted by Gasteiger charge is 2.47. The summed E-state index contributed by atoms with van der Waals surface area (Å²) in [6.45, 7) is 1.69. The van der Waals surface area contributed by atoms with Crippen molar-refractivity contribution in [3.63, 3.8) is 0 Å². The van der Waals surface area contributed by atoms with Gasteiger partial charge in [0.05, 0.1) is 16.6 Å². The number of nitrogens with zero attached hydrogens (tertiary/aromatic N) is 1. The number of piperidine rings is 1. The van der Waals surface area contributed by atoms with Crippen LogP contribution < -0.4 is 5.32 Å². The van der Waals surface area contributed by atoms with Crippen LogP contribution in [0.2, 0.25) is 5.02 Å². The van der Waals surface area contributed by atoms with Gasteiger partial charge in [0.2, 0.25) is 0 Å². The van der Waals surface area contributed by atoms with Gasteiger partial charge in [0.25, 0.3) is 0 Å². The Labute approximate surface area is 149 Å². The molecular weight excluding hydrogens is 338 g/mol. The molecule has 1 aromatic heterocycles. The molecular formula is C19H16ClN3O2. The van der Waals surface area contributed by atoms with Crippen molar-refractivity contribution in [2.75, 3.05) is 13.1 Å². The van der Waals surface area contributed by atoms with Gasteiger partial charge in [-0.3, -0.25) is 0 Å². The number of halogens is 1. The van der Waals surface area contributed by atoms with E-state index in [1.54, 1.807) is 0 Å². The number of ether oxygens (including phenoxy) is 1. The predicted molar refractivity (Wildman–Crippen MR) is 95.7 cm³/mol. The first-order valence-corrected chi connectivity index (χ1v) is 8.77. The molecule has 5 nitrogen and oxygen atoms in total. The molecule has 2 aliphatic heterocycles. The number of nitrogens with one attached hydrogen (secondary N) is 2. The Morgan fingerprint density at radius 2 is 2.00 bits per heavy atom. The van der Waals surface area contributed by atoms with Gasteiger partial charge in [-0.05, 0) is 31.3 Å². The van der Waals surface area contributed by atoms with E-state index in [0.29, 0.717) is 16.4 Å². The maximum absolute atomic E-state index is 12.7. The largest absolute Gasteiger partial charge is 0.450 e. The molecule has 0 bridgehead atoms. The number of esters is 1. The molecule has 2 aliphatic rings. The Balaban J connectivity index is 1.69. The van der Waals surface area contributed by atoms with Crippen molar-refractivity contribution in [3.8, 4) is 11.4 Å². The third kappa shape index (κ3) is 2.19. The van der Waals surface area contributed by atoms with Crippen molar-refractivity contribution in [2.45, 2.75) is 18.4 Å². The van der Waals surface area contributed by atoms with E-state index in [9.17, 15) is 4.79 Å². The molecule has 1 saturated heterocycles. The van der Waals surface area contributed by atoms with Crippen molar-refractivity contribution in [1.82, 2.24) is 15.3 Å². The first-order valence-electron chi connectivity index (χ1n) is 8.39. The maximum Gasteiger partial charge on any atom is 0.340 e. The van der Waals surface area contributed by atoms with Gasteiger partial charge in [-0.25, -0.2) is 9.78 Å². The summed E-state index contributed by atoms with van der Waals surface area (Å²) in [4.78, 5) is 20.6. The maximum atomic E-state index is 12.7. The highest BCUT2D eigenvalue weighted by molar-refractivity contribution is 6.31. The van der Waals surface area contributed by atoms with Crippen LogP contribution in [0.4, 0.5) is 0 Å². The smallest absolute Gasteiger partial charge is 0.340 e. The average Bonchev–Trinajstić information content (AvgIpc) is 3.15. The molecule has 5 rings (SSSR count). The van der Waals surface area contributed by atoms with E-state index >= 15 is 0 Å². The van der Waals surface area contributed by atoms with Gasteiger partial charge < -0.3 is 15.0 Å². The zero-order chi connectivity index (χ0) is 17.0. The average molecular weight is 354 g/mol. The molecule has 0 saturated carbocycles. The fourth-order valence-electron chi connectivity index (χ4n) is 3.94. The molecule has 1 fully saturated rings. The quantitative estimate of drug-likeness (QED) is 0.655. The lowest BCUT2D eigenvalue weighted by Crippen LogP contribution is -2.39. The fraction of sp³-hybridized carbons (Fsp3) is 0.263. The molecule has 0 amide bonds. The molecule has 0 aliphatic carbocycles. The number of hydrogen-bond donors (Lipinski definition) is 2. The van der Waals surface area contributed by atoms with E-state index in [-0.39, 0.29) is 5.97 Å². The molecule has 25 heavy (non-hydrogen) atoms. The number of benzene rings is 2. The SMILES string of the molecule is O=C1OC2(CCNCC2)c2cccc(-c3nc4ccc(Cl)cc4[nH]3)c21. The Kier molecular flexibility index (Phi) is 3.17.